The molecular formula is C4H8BrN2. The maximum Gasteiger partial charge on any atom is 0.0774 e. The predicted octanol–water partition coefficient (Wildman–Crippen LogP) is -0.0850. The third kappa shape index (κ3) is 1.76. The predicted molar refractivity (Wildman–Crippen MR) is 32.6 cm³/mol. The molecule has 1 unspecified atom stereocenters. The van der Waals surface area contributed by atoms with Crippen LogP contribution < -0.4 is 10.6 Å². The van der Waals surface area contributed by atoms with E-state index in [1.165, 1.54) is 0 Å². The minimum atomic E-state index is 0.432. The average molecular weight is 164 g/mol. The fraction of sp³-hybridized carbons (Fsp3) is 1.00. The van der Waals surface area contributed by atoms with Gasteiger partial charge in [-0.2, -0.15) is 0 Å². The highest BCUT2D eigenvalue weighted by Gasteiger charge is 2.06. The van der Waals surface area contributed by atoms with Crippen molar-refractivity contribution >= 4 is 15.9 Å². The summed E-state index contributed by atoms with van der Waals surface area (Å²) in [4.78, 5) is 0.432. The number of hydrogen-bond donors (Lipinski definition) is 1. The molecule has 2 nitrogen and oxygen atoms in total. The molecule has 0 aromatic carbocycles. The summed E-state index contributed by atoms with van der Waals surface area (Å²) in [5, 5.41) is 7.35. The maximum atomic E-state index is 4.15. The Bertz CT molecular complexity index is 51.7. The molecule has 0 spiro atoms. The van der Waals surface area contributed by atoms with E-state index in [0.717, 1.165) is 19.6 Å². The number of alkyl halides is 1. The molecule has 0 aromatic heterocycles. The lowest BCUT2D eigenvalue weighted by Crippen LogP contribution is -2.41. The summed E-state index contributed by atoms with van der Waals surface area (Å²) in [7, 11) is 0. The maximum absolute atomic E-state index is 4.15. The zero-order chi connectivity index (χ0) is 5.11. The highest BCUT2D eigenvalue weighted by molar-refractivity contribution is 9.09. The van der Waals surface area contributed by atoms with Gasteiger partial charge in [0, 0.05) is 19.6 Å². The third-order valence-corrected chi connectivity index (χ3v) is 1.54. The van der Waals surface area contributed by atoms with Gasteiger partial charge in [-0.1, -0.05) is 15.9 Å². The Kier molecular flexibility index (Phi) is 2.09. The van der Waals surface area contributed by atoms with E-state index in [1.807, 2.05) is 0 Å². The van der Waals surface area contributed by atoms with Crippen molar-refractivity contribution in [1.29, 1.82) is 0 Å². The van der Waals surface area contributed by atoms with Crippen molar-refractivity contribution in [2.75, 3.05) is 19.6 Å². The summed E-state index contributed by atoms with van der Waals surface area (Å²) in [6, 6.07) is 0. The monoisotopic (exact) mass is 163 g/mol. The summed E-state index contributed by atoms with van der Waals surface area (Å²) in [5.41, 5.74) is 0. The molecule has 0 amide bonds. The Morgan fingerprint density at radius 1 is 1.71 bits per heavy atom. The van der Waals surface area contributed by atoms with E-state index in [0.29, 0.717) is 4.95 Å². The molecule has 1 atom stereocenters. The van der Waals surface area contributed by atoms with Gasteiger partial charge < -0.3 is 5.32 Å². The lowest BCUT2D eigenvalue weighted by molar-refractivity contribution is 0.505. The van der Waals surface area contributed by atoms with E-state index < -0.39 is 0 Å². The molecule has 1 N–H and O–H groups in total. The molecule has 0 aliphatic carbocycles. The smallest absolute Gasteiger partial charge is 0.0774 e. The van der Waals surface area contributed by atoms with E-state index >= 15 is 0 Å². The van der Waals surface area contributed by atoms with Crippen LogP contribution >= 0.6 is 15.9 Å². The Morgan fingerprint density at radius 3 is 2.86 bits per heavy atom. The van der Waals surface area contributed by atoms with Crippen molar-refractivity contribution < 1.29 is 0 Å². The number of rotatable bonds is 0. The zero-order valence-corrected chi connectivity index (χ0v) is 5.61. The molecule has 0 aromatic rings. The van der Waals surface area contributed by atoms with Gasteiger partial charge in [0.1, 0.15) is 0 Å². The fourth-order valence-corrected chi connectivity index (χ4v) is 1.00. The second kappa shape index (κ2) is 2.64. The number of halogens is 1. The normalized spacial score (nSPS) is 33.0. The molecule has 0 saturated carbocycles. The van der Waals surface area contributed by atoms with Gasteiger partial charge in [0.2, 0.25) is 0 Å². The van der Waals surface area contributed by atoms with E-state index in [-0.39, 0.29) is 0 Å². The van der Waals surface area contributed by atoms with E-state index in [9.17, 15) is 0 Å². The van der Waals surface area contributed by atoms with Crippen LogP contribution in [0.25, 0.3) is 0 Å². The first kappa shape index (κ1) is 5.54. The van der Waals surface area contributed by atoms with Crippen LogP contribution in [0.3, 0.4) is 0 Å². The first-order valence-electron chi connectivity index (χ1n) is 2.40. The lowest BCUT2D eigenvalue weighted by atomic mass is 10.4. The molecule has 1 saturated heterocycles. The van der Waals surface area contributed by atoms with Gasteiger partial charge in [-0.15, -0.1) is 0 Å². The van der Waals surface area contributed by atoms with Crippen molar-refractivity contribution in [2.24, 2.45) is 0 Å². The van der Waals surface area contributed by atoms with Crippen LogP contribution in [0.15, 0.2) is 0 Å². The first-order valence-corrected chi connectivity index (χ1v) is 3.32. The summed E-state index contributed by atoms with van der Waals surface area (Å²) < 4.78 is 0. The molecule has 1 rings (SSSR count). The Morgan fingerprint density at radius 2 is 2.57 bits per heavy atom. The number of nitrogens with zero attached hydrogens (tertiary/aromatic N) is 1. The third-order valence-electron chi connectivity index (χ3n) is 0.925. The van der Waals surface area contributed by atoms with E-state index in [2.05, 4.69) is 26.6 Å². The number of nitrogens with one attached hydrogen (secondary N) is 1. The molecule has 3 heteroatoms. The Labute approximate surface area is 51.8 Å². The van der Waals surface area contributed by atoms with Crippen LogP contribution in [0, 0.1) is 0 Å². The van der Waals surface area contributed by atoms with Crippen LogP contribution in [0.4, 0.5) is 0 Å². The summed E-state index contributed by atoms with van der Waals surface area (Å²) in [6.45, 7) is 2.91. The van der Waals surface area contributed by atoms with Gasteiger partial charge in [0.25, 0.3) is 0 Å². The van der Waals surface area contributed by atoms with Crippen LogP contribution in [0.5, 0.6) is 0 Å². The standard InChI is InChI=1S/C4H8BrN2/c5-4-3-6-1-2-7-4/h4,7H,1-3H2. The first-order chi connectivity index (χ1) is 3.39. The van der Waals surface area contributed by atoms with Crippen molar-refractivity contribution in [3.8, 4) is 0 Å². The van der Waals surface area contributed by atoms with Gasteiger partial charge in [0.05, 0.1) is 4.95 Å². The molecule has 41 valence electrons. The minimum absolute atomic E-state index is 0.432. The van der Waals surface area contributed by atoms with Crippen molar-refractivity contribution in [2.45, 2.75) is 4.95 Å². The fourth-order valence-electron chi connectivity index (χ4n) is 0.569. The minimum Gasteiger partial charge on any atom is -0.302 e. The molecule has 0 bridgehead atoms. The zero-order valence-electron chi connectivity index (χ0n) is 4.02. The number of hydrogen-bond acceptors (Lipinski definition) is 1. The average Bonchev–Trinajstić information content (AvgIpc) is 1.69. The van der Waals surface area contributed by atoms with Gasteiger partial charge in [-0.05, 0) is 0 Å². The molecule has 1 heterocycles. The SMILES string of the molecule is BrC1C[N]CCN1. The van der Waals surface area contributed by atoms with Crippen LogP contribution in [-0.2, 0) is 0 Å². The second-order valence-corrected chi connectivity index (χ2v) is 2.66. The lowest BCUT2D eigenvalue weighted by Gasteiger charge is -2.16. The Balaban J connectivity index is 2.12. The van der Waals surface area contributed by atoms with Gasteiger partial charge >= 0.3 is 0 Å². The number of piperazine rings is 1. The molecule has 1 radical (unpaired) electrons. The van der Waals surface area contributed by atoms with Crippen molar-refractivity contribution in [3.05, 3.63) is 0 Å². The van der Waals surface area contributed by atoms with Gasteiger partial charge in [-0.3, -0.25) is 0 Å². The summed E-state index contributed by atoms with van der Waals surface area (Å²) in [6.07, 6.45) is 0. The molecular weight excluding hydrogens is 156 g/mol. The highest BCUT2D eigenvalue weighted by Crippen LogP contribution is 1.94. The Hall–Kier alpha value is 0.400. The summed E-state index contributed by atoms with van der Waals surface area (Å²) in [5.74, 6) is 0. The van der Waals surface area contributed by atoms with E-state index in [1.54, 1.807) is 0 Å². The van der Waals surface area contributed by atoms with E-state index in [4.69, 9.17) is 0 Å². The van der Waals surface area contributed by atoms with Crippen LogP contribution in [0.2, 0.25) is 0 Å². The van der Waals surface area contributed by atoms with Crippen LogP contribution in [0.1, 0.15) is 0 Å². The second-order valence-electron chi connectivity index (χ2n) is 1.55. The van der Waals surface area contributed by atoms with Crippen molar-refractivity contribution in [3.63, 3.8) is 0 Å². The highest BCUT2D eigenvalue weighted by atomic mass is 79.9. The van der Waals surface area contributed by atoms with Crippen molar-refractivity contribution in [1.82, 2.24) is 10.6 Å². The van der Waals surface area contributed by atoms with Gasteiger partial charge in [0.15, 0.2) is 0 Å². The molecule has 1 fully saturated rings. The van der Waals surface area contributed by atoms with Crippen LogP contribution in [-0.4, -0.2) is 24.6 Å². The largest absolute Gasteiger partial charge is 0.302 e. The topological polar surface area (TPSA) is 26.1 Å². The quantitative estimate of drug-likeness (QED) is 0.393. The molecule has 7 heavy (non-hydrogen) atoms. The molecule has 1 aliphatic heterocycles. The summed E-state index contributed by atoms with van der Waals surface area (Å²) >= 11 is 3.38. The molecule has 1 aliphatic rings. The van der Waals surface area contributed by atoms with Gasteiger partial charge in [-0.25, -0.2) is 5.32 Å².